The number of hydrogen-bond acceptors (Lipinski definition) is 5. The Morgan fingerprint density at radius 1 is 0.900 bits per heavy atom. The lowest BCUT2D eigenvalue weighted by atomic mass is 10.2. The first kappa shape index (κ1) is 25.3. The molecule has 0 saturated heterocycles. The van der Waals surface area contributed by atoms with Crippen LogP contribution in [0.1, 0.15) is 15.9 Å². The molecule has 0 aliphatic carbocycles. The largest absolute Gasteiger partial charge is 0.497 e. The van der Waals surface area contributed by atoms with Crippen LogP contribution in [0.3, 0.4) is 0 Å². The van der Waals surface area contributed by atoms with Crippen molar-refractivity contribution < 1.29 is 19.0 Å². The van der Waals surface area contributed by atoms with Crippen molar-refractivity contribution in [2.24, 2.45) is 4.99 Å². The summed E-state index contributed by atoms with van der Waals surface area (Å²) in [7, 11) is 6.48. The second kappa shape index (κ2) is 13.5. The van der Waals surface area contributed by atoms with Crippen molar-refractivity contribution in [3.63, 3.8) is 0 Å². The number of amides is 1. The molecule has 0 fully saturated rings. The van der Waals surface area contributed by atoms with Crippen molar-refractivity contribution >= 4 is 35.8 Å². The molecular formula is C21H29IN4O4. The van der Waals surface area contributed by atoms with Gasteiger partial charge in [0.1, 0.15) is 5.75 Å². The van der Waals surface area contributed by atoms with Gasteiger partial charge >= 0.3 is 0 Å². The number of nitrogens with one attached hydrogen (secondary N) is 3. The van der Waals surface area contributed by atoms with Gasteiger partial charge in [0.15, 0.2) is 17.5 Å². The highest BCUT2D eigenvalue weighted by molar-refractivity contribution is 14.0. The van der Waals surface area contributed by atoms with Crippen molar-refractivity contribution in [2.75, 3.05) is 41.5 Å². The quantitative estimate of drug-likeness (QED) is 0.201. The normalized spacial score (nSPS) is 10.5. The minimum absolute atomic E-state index is 0. The molecule has 0 radical (unpaired) electrons. The van der Waals surface area contributed by atoms with Gasteiger partial charge in [-0.05, 0) is 35.9 Å². The molecule has 0 aromatic heterocycles. The summed E-state index contributed by atoms with van der Waals surface area (Å²) in [4.78, 5) is 16.4. The van der Waals surface area contributed by atoms with Crippen LogP contribution >= 0.6 is 24.0 Å². The summed E-state index contributed by atoms with van der Waals surface area (Å²) in [6, 6.07) is 12.8. The van der Waals surface area contributed by atoms with E-state index in [1.807, 2.05) is 18.2 Å². The molecule has 30 heavy (non-hydrogen) atoms. The van der Waals surface area contributed by atoms with Gasteiger partial charge in [0.2, 0.25) is 0 Å². The molecule has 2 aromatic rings. The van der Waals surface area contributed by atoms with Crippen LogP contribution in [-0.2, 0) is 6.54 Å². The van der Waals surface area contributed by atoms with Crippen LogP contribution < -0.4 is 30.2 Å². The number of halogens is 1. The maximum absolute atomic E-state index is 12.2. The summed E-state index contributed by atoms with van der Waals surface area (Å²) in [5.74, 6) is 2.49. The number of guanidine groups is 1. The zero-order chi connectivity index (χ0) is 21.1. The van der Waals surface area contributed by atoms with Gasteiger partial charge in [-0.2, -0.15) is 0 Å². The lowest BCUT2D eigenvalue weighted by Gasteiger charge is -2.14. The van der Waals surface area contributed by atoms with Crippen molar-refractivity contribution in [3.05, 3.63) is 53.6 Å². The predicted octanol–water partition coefficient (Wildman–Crippen LogP) is 2.43. The summed E-state index contributed by atoms with van der Waals surface area (Å²) in [6.45, 7) is 1.55. The van der Waals surface area contributed by atoms with Crippen molar-refractivity contribution in [2.45, 2.75) is 6.54 Å². The molecule has 0 saturated carbocycles. The number of carbonyl (C=O) groups excluding carboxylic acids is 1. The molecule has 3 N–H and O–H groups in total. The molecule has 0 bridgehead atoms. The molecule has 2 aromatic carbocycles. The number of carbonyl (C=O) groups is 1. The van der Waals surface area contributed by atoms with E-state index in [4.69, 9.17) is 14.2 Å². The fourth-order valence-electron chi connectivity index (χ4n) is 2.62. The Bertz CT molecular complexity index is 846. The van der Waals surface area contributed by atoms with Gasteiger partial charge in [-0.15, -0.1) is 24.0 Å². The number of benzene rings is 2. The molecule has 0 aliphatic heterocycles. The Hall–Kier alpha value is -2.69. The first-order chi connectivity index (χ1) is 14.1. The number of aliphatic imine (C=N–C) groups is 1. The Balaban J connectivity index is 0.00000450. The highest BCUT2D eigenvalue weighted by atomic mass is 127. The summed E-state index contributed by atoms with van der Waals surface area (Å²) in [5.41, 5.74) is 1.58. The van der Waals surface area contributed by atoms with Crippen LogP contribution in [-0.4, -0.2) is 53.3 Å². The maximum atomic E-state index is 12.2. The average Bonchev–Trinajstić information content (AvgIpc) is 2.78. The monoisotopic (exact) mass is 528 g/mol. The molecule has 0 spiro atoms. The third-order valence-corrected chi connectivity index (χ3v) is 4.17. The predicted molar refractivity (Wildman–Crippen MR) is 128 cm³/mol. The minimum atomic E-state index is -0.154. The van der Waals surface area contributed by atoms with E-state index < -0.39 is 0 Å². The van der Waals surface area contributed by atoms with Crippen molar-refractivity contribution in [3.8, 4) is 17.2 Å². The SMILES string of the molecule is CN=C(NCCNC(=O)c1cccc(OC)c1)NCc1ccc(OC)c(OC)c1.I. The van der Waals surface area contributed by atoms with Gasteiger partial charge in [0.25, 0.3) is 5.91 Å². The van der Waals surface area contributed by atoms with Crippen LogP contribution in [0, 0.1) is 0 Å². The molecular weight excluding hydrogens is 499 g/mol. The molecule has 164 valence electrons. The fraction of sp³-hybridized carbons (Fsp3) is 0.333. The van der Waals surface area contributed by atoms with E-state index in [0.29, 0.717) is 48.4 Å². The Kier molecular flexibility index (Phi) is 11.4. The van der Waals surface area contributed by atoms with Crippen LogP contribution in [0.4, 0.5) is 0 Å². The van der Waals surface area contributed by atoms with Gasteiger partial charge in [-0.1, -0.05) is 12.1 Å². The molecule has 0 aliphatic rings. The number of ether oxygens (including phenoxy) is 3. The second-order valence-electron chi connectivity index (χ2n) is 6.03. The van der Waals surface area contributed by atoms with E-state index in [2.05, 4.69) is 20.9 Å². The van der Waals surface area contributed by atoms with Gasteiger partial charge in [0, 0.05) is 32.2 Å². The zero-order valence-corrected chi connectivity index (χ0v) is 20.0. The van der Waals surface area contributed by atoms with E-state index in [9.17, 15) is 4.79 Å². The van der Waals surface area contributed by atoms with E-state index in [-0.39, 0.29) is 29.9 Å². The smallest absolute Gasteiger partial charge is 0.251 e. The van der Waals surface area contributed by atoms with Gasteiger partial charge < -0.3 is 30.2 Å². The van der Waals surface area contributed by atoms with Gasteiger partial charge in [0.05, 0.1) is 21.3 Å². The summed E-state index contributed by atoms with van der Waals surface area (Å²) in [6.07, 6.45) is 0. The number of hydrogen-bond donors (Lipinski definition) is 3. The lowest BCUT2D eigenvalue weighted by molar-refractivity contribution is 0.0954. The number of rotatable bonds is 9. The molecule has 2 rings (SSSR count). The average molecular weight is 528 g/mol. The minimum Gasteiger partial charge on any atom is -0.497 e. The van der Waals surface area contributed by atoms with E-state index in [1.165, 1.54) is 0 Å². The fourth-order valence-corrected chi connectivity index (χ4v) is 2.62. The highest BCUT2D eigenvalue weighted by Crippen LogP contribution is 2.27. The second-order valence-corrected chi connectivity index (χ2v) is 6.03. The first-order valence-corrected chi connectivity index (χ1v) is 9.19. The Labute approximate surface area is 194 Å². The molecule has 1 amide bonds. The van der Waals surface area contributed by atoms with Gasteiger partial charge in [-0.25, -0.2) is 0 Å². The van der Waals surface area contributed by atoms with E-state index >= 15 is 0 Å². The van der Waals surface area contributed by atoms with Crippen molar-refractivity contribution in [1.29, 1.82) is 0 Å². The Morgan fingerprint density at radius 3 is 2.30 bits per heavy atom. The van der Waals surface area contributed by atoms with Crippen LogP contribution in [0.15, 0.2) is 47.5 Å². The summed E-state index contributed by atoms with van der Waals surface area (Å²) >= 11 is 0. The molecule has 9 heteroatoms. The third kappa shape index (κ3) is 7.62. The molecule has 0 heterocycles. The van der Waals surface area contributed by atoms with Crippen LogP contribution in [0.2, 0.25) is 0 Å². The van der Waals surface area contributed by atoms with Crippen LogP contribution in [0.25, 0.3) is 0 Å². The molecule has 0 atom stereocenters. The zero-order valence-electron chi connectivity index (χ0n) is 17.7. The van der Waals surface area contributed by atoms with Crippen LogP contribution in [0.5, 0.6) is 17.2 Å². The molecule has 0 unspecified atom stereocenters. The lowest BCUT2D eigenvalue weighted by Crippen LogP contribution is -2.41. The topological polar surface area (TPSA) is 93.2 Å². The molecule has 8 nitrogen and oxygen atoms in total. The van der Waals surface area contributed by atoms with E-state index in [1.54, 1.807) is 52.6 Å². The summed E-state index contributed by atoms with van der Waals surface area (Å²) < 4.78 is 15.7. The Morgan fingerprint density at radius 2 is 1.63 bits per heavy atom. The number of methoxy groups -OCH3 is 3. The third-order valence-electron chi connectivity index (χ3n) is 4.17. The highest BCUT2D eigenvalue weighted by Gasteiger charge is 2.07. The van der Waals surface area contributed by atoms with Crippen molar-refractivity contribution in [1.82, 2.24) is 16.0 Å². The van der Waals surface area contributed by atoms with E-state index in [0.717, 1.165) is 5.56 Å². The maximum Gasteiger partial charge on any atom is 0.251 e. The number of nitrogens with zero attached hydrogens (tertiary/aromatic N) is 1. The summed E-state index contributed by atoms with van der Waals surface area (Å²) in [5, 5.41) is 9.25. The first-order valence-electron chi connectivity index (χ1n) is 9.19. The van der Waals surface area contributed by atoms with Gasteiger partial charge in [-0.3, -0.25) is 9.79 Å². The standard InChI is InChI=1S/C21H28N4O4.HI/c1-22-21(25-14-15-8-9-18(28-3)19(12-15)29-4)24-11-10-23-20(26)16-6-5-7-17(13-16)27-2;/h5-9,12-13H,10-11,14H2,1-4H3,(H,23,26)(H2,22,24,25);1H.